The SMILES string of the molecule is COc1cccc(/C=C2/SC(=S)N(C)C2=O)c1OCCCOc1cccc(C)c1C. The molecule has 7 heteroatoms. The van der Waals surface area contributed by atoms with E-state index >= 15 is 0 Å². The number of methoxy groups -OCH3 is 1. The number of nitrogens with zero attached hydrogens (tertiary/aromatic N) is 1. The summed E-state index contributed by atoms with van der Waals surface area (Å²) in [4.78, 5) is 14.4. The summed E-state index contributed by atoms with van der Waals surface area (Å²) in [5.74, 6) is 2.01. The molecule has 5 nitrogen and oxygen atoms in total. The van der Waals surface area contributed by atoms with Gasteiger partial charge in [-0.25, -0.2) is 0 Å². The monoisotopic (exact) mass is 443 g/mol. The zero-order valence-corrected chi connectivity index (χ0v) is 19.2. The molecule has 2 aromatic rings. The third kappa shape index (κ3) is 4.96. The quantitative estimate of drug-likeness (QED) is 0.325. The van der Waals surface area contributed by atoms with Crippen molar-refractivity contribution in [2.45, 2.75) is 20.3 Å². The standard InChI is InChI=1S/C23H25NO4S2/c1-15-8-5-10-18(16(15)2)27-12-7-13-28-21-17(9-6-11-19(21)26-4)14-20-22(25)24(3)23(29)30-20/h5-6,8-11,14H,7,12-13H2,1-4H3/b20-14+. The minimum Gasteiger partial charge on any atom is -0.493 e. The average Bonchev–Trinajstić information content (AvgIpc) is 2.98. The van der Waals surface area contributed by atoms with E-state index in [1.807, 2.05) is 30.3 Å². The molecule has 0 aromatic heterocycles. The third-order valence-electron chi connectivity index (χ3n) is 4.85. The fraction of sp³-hybridized carbons (Fsp3) is 0.304. The van der Waals surface area contributed by atoms with Crippen molar-refractivity contribution in [2.75, 3.05) is 27.4 Å². The Balaban J connectivity index is 1.66. The number of carbonyl (C=O) groups excluding carboxylic acids is 1. The van der Waals surface area contributed by atoms with Gasteiger partial charge in [0.1, 0.15) is 10.1 Å². The van der Waals surface area contributed by atoms with Gasteiger partial charge in [0, 0.05) is 19.0 Å². The zero-order valence-electron chi connectivity index (χ0n) is 17.6. The lowest BCUT2D eigenvalue weighted by Crippen LogP contribution is -2.22. The molecule has 1 saturated heterocycles. The Bertz CT molecular complexity index is 987. The summed E-state index contributed by atoms with van der Waals surface area (Å²) in [5, 5.41) is 0. The van der Waals surface area contributed by atoms with E-state index in [4.69, 9.17) is 26.4 Å². The molecule has 1 heterocycles. The number of likely N-dealkylation sites (N-methyl/N-ethyl adjacent to an activating group) is 1. The van der Waals surface area contributed by atoms with Crippen LogP contribution in [-0.4, -0.2) is 42.5 Å². The summed E-state index contributed by atoms with van der Waals surface area (Å²) in [6.45, 7) is 5.13. The molecule has 0 N–H and O–H groups in total. The van der Waals surface area contributed by atoms with Crippen molar-refractivity contribution < 1.29 is 19.0 Å². The van der Waals surface area contributed by atoms with Crippen molar-refractivity contribution in [2.24, 2.45) is 0 Å². The number of thiocarbonyl (C=S) groups is 1. The predicted molar refractivity (Wildman–Crippen MR) is 125 cm³/mol. The van der Waals surface area contributed by atoms with E-state index in [-0.39, 0.29) is 5.91 Å². The van der Waals surface area contributed by atoms with Crippen molar-refractivity contribution in [1.82, 2.24) is 4.90 Å². The first-order valence-corrected chi connectivity index (χ1v) is 10.8. The zero-order chi connectivity index (χ0) is 21.7. The number of amides is 1. The molecule has 1 amide bonds. The molecular formula is C23H25NO4S2. The molecule has 30 heavy (non-hydrogen) atoms. The fourth-order valence-electron chi connectivity index (χ4n) is 2.94. The van der Waals surface area contributed by atoms with Gasteiger partial charge in [0.25, 0.3) is 5.91 Å². The first kappa shape index (κ1) is 22.2. The number of ether oxygens (including phenoxy) is 3. The molecule has 2 aromatic carbocycles. The summed E-state index contributed by atoms with van der Waals surface area (Å²) in [5.41, 5.74) is 3.14. The van der Waals surface area contributed by atoms with Crippen LogP contribution in [0.15, 0.2) is 41.3 Å². The number of rotatable bonds is 8. The van der Waals surface area contributed by atoms with Gasteiger partial charge >= 0.3 is 0 Å². The molecule has 0 spiro atoms. The summed E-state index contributed by atoms with van der Waals surface area (Å²) in [7, 11) is 3.28. The van der Waals surface area contributed by atoms with Crippen molar-refractivity contribution in [3.8, 4) is 17.2 Å². The smallest absolute Gasteiger partial charge is 0.265 e. The largest absolute Gasteiger partial charge is 0.493 e. The lowest BCUT2D eigenvalue weighted by molar-refractivity contribution is -0.121. The predicted octanol–water partition coefficient (Wildman–Crippen LogP) is 4.99. The van der Waals surface area contributed by atoms with Crippen LogP contribution in [0.25, 0.3) is 6.08 Å². The van der Waals surface area contributed by atoms with Crippen molar-refractivity contribution in [1.29, 1.82) is 0 Å². The van der Waals surface area contributed by atoms with Gasteiger partial charge < -0.3 is 14.2 Å². The Kier molecular flexibility index (Phi) is 7.39. The molecule has 0 bridgehead atoms. The molecule has 0 atom stereocenters. The number of hydrogen-bond acceptors (Lipinski definition) is 6. The van der Waals surface area contributed by atoms with E-state index in [1.54, 1.807) is 20.2 Å². The number of aryl methyl sites for hydroxylation is 1. The number of thioether (sulfide) groups is 1. The Morgan fingerprint density at radius 2 is 1.77 bits per heavy atom. The number of para-hydroxylation sites is 1. The minimum atomic E-state index is -0.110. The Morgan fingerprint density at radius 3 is 2.47 bits per heavy atom. The second-order valence-electron chi connectivity index (χ2n) is 6.87. The Labute approximate surface area is 187 Å². The van der Waals surface area contributed by atoms with Crippen LogP contribution in [0, 0.1) is 13.8 Å². The highest BCUT2D eigenvalue weighted by Gasteiger charge is 2.29. The van der Waals surface area contributed by atoms with Crippen LogP contribution in [0.2, 0.25) is 0 Å². The maximum absolute atomic E-state index is 12.3. The van der Waals surface area contributed by atoms with E-state index < -0.39 is 0 Å². The molecule has 158 valence electrons. The summed E-state index contributed by atoms with van der Waals surface area (Å²) >= 11 is 6.49. The van der Waals surface area contributed by atoms with Crippen molar-refractivity contribution in [3.63, 3.8) is 0 Å². The highest BCUT2D eigenvalue weighted by atomic mass is 32.2. The molecule has 0 unspecified atom stereocenters. The minimum absolute atomic E-state index is 0.110. The molecule has 0 aliphatic carbocycles. The van der Waals surface area contributed by atoms with Gasteiger partial charge in [0.15, 0.2) is 11.5 Å². The maximum atomic E-state index is 12.3. The van der Waals surface area contributed by atoms with Crippen LogP contribution in [0.5, 0.6) is 17.2 Å². The Hall–Kier alpha value is -2.51. The van der Waals surface area contributed by atoms with E-state index in [9.17, 15) is 4.79 Å². The van der Waals surface area contributed by atoms with Crippen LogP contribution >= 0.6 is 24.0 Å². The van der Waals surface area contributed by atoms with Crippen molar-refractivity contribution in [3.05, 3.63) is 58.0 Å². The van der Waals surface area contributed by atoms with Gasteiger partial charge in [-0.05, 0) is 43.2 Å². The van der Waals surface area contributed by atoms with E-state index in [0.717, 1.165) is 16.9 Å². The second kappa shape index (κ2) is 10.00. The first-order valence-electron chi connectivity index (χ1n) is 9.62. The van der Waals surface area contributed by atoms with Crippen LogP contribution in [0.4, 0.5) is 0 Å². The fourth-order valence-corrected chi connectivity index (χ4v) is 4.11. The lowest BCUT2D eigenvalue weighted by Gasteiger charge is -2.14. The first-order chi connectivity index (χ1) is 14.4. The molecule has 1 aliphatic heterocycles. The summed E-state index contributed by atoms with van der Waals surface area (Å²) in [6, 6.07) is 11.6. The molecular weight excluding hydrogens is 418 g/mol. The van der Waals surface area contributed by atoms with E-state index in [2.05, 4.69) is 19.9 Å². The number of benzene rings is 2. The topological polar surface area (TPSA) is 48.0 Å². The molecule has 3 rings (SSSR count). The van der Waals surface area contributed by atoms with Crippen LogP contribution in [0.3, 0.4) is 0 Å². The highest BCUT2D eigenvalue weighted by molar-refractivity contribution is 8.26. The molecule has 0 radical (unpaired) electrons. The normalized spacial score (nSPS) is 15.1. The van der Waals surface area contributed by atoms with Gasteiger partial charge in [0.2, 0.25) is 0 Å². The van der Waals surface area contributed by atoms with Crippen LogP contribution in [0.1, 0.15) is 23.1 Å². The molecule has 1 fully saturated rings. The maximum Gasteiger partial charge on any atom is 0.265 e. The van der Waals surface area contributed by atoms with E-state index in [1.165, 1.54) is 22.2 Å². The van der Waals surface area contributed by atoms with Gasteiger partial charge in [-0.1, -0.05) is 48.2 Å². The van der Waals surface area contributed by atoms with Gasteiger partial charge in [-0.15, -0.1) is 0 Å². The Morgan fingerprint density at radius 1 is 1.07 bits per heavy atom. The van der Waals surface area contributed by atoms with Crippen LogP contribution in [-0.2, 0) is 4.79 Å². The second-order valence-corrected chi connectivity index (χ2v) is 8.54. The third-order valence-corrected chi connectivity index (χ3v) is 6.33. The van der Waals surface area contributed by atoms with E-state index in [0.29, 0.717) is 40.4 Å². The lowest BCUT2D eigenvalue weighted by atomic mass is 10.1. The summed E-state index contributed by atoms with van der Waals surface area (Å²) < 4.78 is 17.9. The number of carbonyl (C=O) groups is 1. The van der Waals surface area contributed by atoms with Crippen molar-refractivity contribution >= 4 is 40.3 Å². The van der Waals surface area contributed by atoms with Gasteiger partial charge in [-0.3, -0.25) is 9.69 Å². The number of hydrogen-bond donors (Lipinski definition) is 0. The molecule has 0 saturated carbocycles. The van der Waals surface area contributed by atoms with Gasteiger partial charge in [-0.2, -0.15) is 0 Å². The highest BCUT2D eigenvalue weighted by Crippen LogP contribution is 2.37. The molecule has 1 aliphatic rings. The van der Waals surface area contributed by atoms with Gasteiger partial charge in [0.05, 0.1) is 25.2 Å². The summed E-state index contributed by atoms with van der Waals surface area (Å²) in [6.07, 6.45) is 2.51. The van der Waals surface area contributed by atoms with Crippen LogP contribution < -0.4 is 14.2 Å². The average molecular weight is 444 g/mol.